The van der Waals surface area contributed by atoms with Crippen LogP contribution in [0.5, 0.6) is 0 Å². The number of aromatic nitrogens is 1. The Morgan fingerprint density at radius 3 is 3.05 bits per heavy atom. The van der Waals surface area contributed by atoms with Gasteiger partial charge in [0.15, 0.2) is 0 Å². The highest BCUT2D eigenvalue weighted by molar-refractivity contribution is 5.99. The van der Waals surface area contributed by atoms with Gasteiger partial charge < -0.3 is 15.0 Å². The molecule has 1 saturated heterocycles. The lowest BCUT2D eigenvalue weighted by Crippen LogP contribution is -2.45. The fourth-order valence-corrected chi connectivity index (χ4v) is 2.39. The van der Waals surface area contributed by atoms with Gasteiger partial charge in [-0.25, -0.2) is 0 Å². The summed E-state index contributed by atoms with van der Waals surface area (Å²) in [6.07, 6.45) is 2.75. The van der Waals surface area contributed by atoms with Crippen LogP contribution in [0.2, 0.25) is 0 Å². The molecule has 1 aromatic rings. The first-order chi connectivity index (χ1) is 9.65. The predicted molar refractivity (Wildman–Crippen MR) is 79.1 cm³/mol. The van der Waals surface area contributed by atoms with E-state index in [9.17, 15) is 4.79 Å². The van der Waals surface area contributed by atoms with Crippen molar-refractivity contribution in [3.63, 3.8) is 0 Å². The van der Waals surface area contributed by atoms with Crippen LogP contribution in [-0.2, 0) is 4.74 Å². The maximum absolute atomic E-state index is 12.7. The molecule has 1 fully saturated rings. The van der Waals surface area contributed by atoms with Crippen molar-refractivity contribution in [1.82, 2.24) is 9.88 Å². The van der Waals surface area contributed by atoms with Gasteiger partial charge in [0, 0.05) is 31.5 Å². The number of nitrogens with one attached hydrogen (secondary N) is 1. The molecule has 5 nitrogen and oxygen atoms in total. The van der Waals surface area contributed by atoms with Gasteiger partial charge in [-0.2, -0.15) is 0 Å². The van der Waals surface area contributed by atoms with Crippen molar-refractivity contribution in [1.29, 1.82) is 0 Å². The molecule has 1 unspecified atom stereocenters. The second-order valence-electron chi connectivity index (χ2n) is 5.05. The van der Waals surface area contributed by atoms with Gasteiger partial charge in [-0.3, -0.25) is 9.78 Å². The van der Waals surface area contributed by atoms with Crippen LogP contribution in [0, 0.1) is 6.92 Å². The molecule has 110 valence electrons. The second kappa shape index (κ2) is 6.70. The summed E-state index contributed by atoms with van der Waals surface area (Å²) in [6.45, 7) is 8.73. The Morgan fingerprint density at radius 2 is 2.35 bits per heavy atom. The summed E-state index contributed by atoms with van der Waals surface area (Å²) in [6, 6.07) is 1.93. The monoisotopic (exact) mass is 277 g/mol. The van der Waals surface area contributed by atoms with E-state index in [-0.39, 0.29) is 12.0 Å². The van der Waals surface area contributed by atoms with Crippen molar-refractivity contribution in [2.24, 2.45) is 0 Å². The molecule has 0 aromatic carbocycles. The number of anilines is 1. The molecule has 0 saturated carbocycles. The van der Waals surface area contributed by atoms with E-state index in [0.717, 1.165) is 24.3 Å². The lowest BCUT2D eigenvalue weighted by atomic mass is 10.1. The standard InChI is InChI=1S/C15H23N3O2/c1-4-12-10-18(6-7-20-12)15(19)13-9-17-11(3)8-14(13)16-5-2/h8-9,12H,4-7,10H2,1-3H3,(H,16,17). The summed E-state index contributed by atoms with van der Waals surface area (Å²) in [5.74, 6) is 0.0372. The Kier molecular flexibility index (Phi) is 4.95. The van der Waals surface area contributed by atoms with Crippen molar-refractivity contribution in [2.45, 2.75) is 33.3 Å². The number of aryl methyl sites for hydroxylation is 1. The Morgan fingerprint density at radius 1 is 1.55 bits per heavy atom. The van der Waals surface area contributed by atoms with Crippen LogP contribution in [0.1, 0.15) is 36.3 Å². The average Bonchev–Trinajstić information content (AvgIpc) is 2.47. The minimum Gasteiger partial charge on any atom is -0.385 e. The van der Waals surface area contributed by atoms with Gasteiger partial charge in [-0.1, -0.05) is 6.92 Å². The number of morpholine rings is 1. The summed E-state index contributed by atoms with van der Waals surface area (Å²) in [5.41, 5.74) is 2.42. The van der Waals surface area contributed by atoms with Crippen molar-refractivity contribution < 1.29 is 9.53 Å². The van der Waals surface area contributed by atoms with Crippen molar-refractivity contribution in [3.8, 4) is 0 Å². The third-order valence-corrected chi connectivity index (χ3v) is 3.52. The number of rotatable bonds is 4. The number of carbonyl (C=O) groups is 1. The topological polar surface area (TPSA) is 54.5 Å². The van der Waals surface area contributed by atoms with E-state index in [4.69, 9.17) is 4.74 Å². The normalized spacial score (nSPS) is 18.9. The molecule has 0 radical (unpaired) electrons. The maximum atomic E-state index is 12.7. The summed E-state index contributed by atoms with van der Waals surface area (Å²) in [4.78, 5) is 18.8. The molecular weight excluding hydrogens is 254 g/mol. The Hall–Kier alpha value is -1.62. The van der Waals surface area contributed by atoms with Crippen LogP contribution in [0.4, 0.5) is 5.69 Å². The number of carbonyl (C=O) groups excluding carboxylic acids is 1. The minimum absolute atomic E-state index is 0.0372. The van der Waals surface area contributed by atoms with E-state index < -0.39 is 0 Å². The summed E-state index contributed by atoms with van der Waals surface area (Å²) < 4.78 is 5.62. The lowest BCUT2D eigenvalue weighted by molar-refractivity contribution is -0.0226. The SMILES string of the molecule is CCNc1cc(C)ncc1C(=O)N1CCOC(CC)C1. The van der Waals surface area contributed by atoms with Gasteiger partial charge in [0.2, 0.25) is 0 Å². The fraction of sp³-hybridized carbons (Fsp3) is 0.600. The Bertz CT molecular complexity index is 476. The molecule has 0 bridgehead atoms. The highest BCUT2D eigenvalue weighted by atomic mass is 16.5. The Labute approximate surface area is 120 Å². The molecule has 0 aliphatic carbocycles. The van der Waals surface area contributed by atoms with Crippen LogP contribution in [-0.4, -0.2) is 48.1 Å². The number of hydrogen-bond donors (Lipinski definition) is 1. The van der Waals surface area contributed by atoms with Crippen LogP contribution in [0.3, 0.4) is 0 Å². The summed E-state index contributed by atoms with van der Waals surface area (Å²) >= 11 is 0. The van der Waals surface area contributed by atoms with E-state index in [2.05, 4.69) is 17.2 Å². The number of hydrogen-bond acceptors (Lipinski definition) is 4. The van der Waals surface area contributed by atoms with E-state index in [1.165, 1.54) is 0 Å². The molecule has 1 amide bonds. The first-order valence-corrected chi connectivity index (χ1v) is 7.27. The molecule has 5 heteroatoms. The van der Waals surface area contributed by atoms with Crippen LogP contribution >= 0.6 is 0 Å². The zero-order chi connectivity index (χ0) is 14.5. The lowest BCUT2D eigenvalue weighted by Gasteiger charge is -2.32. The average molecular weight is 277 g/mol. The van der Waals surface area contributed by atoms with Crippen LogP contribution < -0.4 is 5.32 Å². The highest BCUT2D eigenvalue weighted by Gasteiger charge is 2.25. The molecular formula is C15H23N3O2. The molecule has 20 heavy (non-hydrogen) atoms. The van der Waals surface area contributed by atoms with E-state index in [0.29, 0.717) is 25.3 Å². The number of amides is 1. The summed E-state index contributed by atoms with van der Waals surface area (Å²) in [7, 11) is 0. The first-order valence-electron chi connectivity index (χ1n) is 7.27. The van der Waals surface area contributed by atoms with Gasteiger partial charge in [-0.15, -0.1) is 0 Å². The predicted octanol–water partition coefficient (Wildman–Crippen LogP) is 2.07. The van der Waals surface area contributed by atoms with Crippen LogP contribution in [0.15, 0.2) is 12.3 Å². The van der Waals surface area contributed by atoms with E-state index in [1.807, 2.05) is 24.8 Å². The largest absolute Gasteiger partial charge is 0.385 e. The zero-order valence-electron chi connectivity index (χ0n) is 12.5. The fourth-order valence-electron chi connectivity index (χ4n) is 2.39. The maximum Gasteiger partial charge on any atom is 0.257 e. The number of nitrogens with zero attached hydrogens (tertiary/aromatic N) is 2. The van der Waals surface area contributed by atoms with Crippen molar-refractivity contribution >= 4 is 11.6 Å². The minimum atomic E-state index is 0.0372. The number of pyridine rings is 1. The first kappa shape index (κ1) is 14.8. The molecule has 1 aliphatic rings. The van der Waals surface area contributed by atoms with Gasteiger partial charge in [0.1, 0.15) is 0 Å². The van der Waals surface area contributed by atoms with E-state index in [1.54, 1.807) is 6.20 Å². The van der Waals surface area contributed by atoms with Crippen molar-refractivity contribution in [3.05, 3.63) is 23.5 Å². The van der Waals surface area contributed by atoms with E-state index >= 15 is 0 Å². The molecule has 2 heterocycles. The molecule has 1 aliphatic heterocycles. The smallest absolute Gasteiger partial charge is 0.257 e. The molecule has 1 N–H and O–H groups in total. The Balaban J connectivity index is 2.19. The second-order valence-corrected chi connectivity index (χ2v) is 5.05. The van der Waals surface area contributed by atoms with Gasteiger partial charge in [0.05, 0.1) is 24.0 Å². The summed E-state index contributed by atoms with van der Waals surface area (Å²) in [5, 5.41) is 3.24. The molecule has 0 spiro atoms. The molecule has 1 atom stereocenters. The molecule has 2 rings (SSSR count). The van der Waals surface area contributed by atoms with Gasteiger partial charge in [0.25, 0.3) is 5.91 Å². The van der Waals surface area contributed by atoms with Gasteiger partial charge in [-0.05, 0) is 26.3 Å². The van der Waals surface area contributed by atoms with Crippen LogP contribution in [0.25, 0.3) is 0 Å². The third kappa shape index (κ3) is 3.28. The molecule has 1 aromatic heterocycles. The highest BCUT2D eigenvalue weighted by Crippen LogP contribution is 2.19. The third-order valence-electron chi connectivity index (χ3n) is 3.52. The van der Waals surface area contributed by atoms with Gasteiger partial charge >= 0.3 is 0 Å². The zero-order valence-corrected chi connectivity index (χ0v) is 12.5. The van der Waals surface area contributed by atoms with Crippen molar-refractivity contribution in [2.75, 3.05) is 31.6 Å². The quantitative estimate of drug-likeness (QED) is 0.915. The number of ether oxygens (including phenoxy) is 1.